The van der Waals surface area contributed by atoms with E-state index in [-0.39, 0.29) is 17.9 Å². The van der Waals surface area contributed by atoms with E-state index in [1.165, 1.54) is 14.2 Å². The number of carboxylic acids is 1. The van der Waals surface area contributed by atoms with Crippen LogP contribution in [0.15, 0.2) is 23.1 Å². The Morgan fingerprint density at radius 1 is 1.26 bits per heavy atom. The number of rotatable bonds is 6. The van der Waals surface area contributed by atoms with Gasteiger partial charge in [-0.1, -0.05) is 6.07 Å². The summed E-state index contributed by atoms with van der Waals surface area (Å²) < 4.78 is 10.3. The number of methoxy groups -OCH3 is 2. The number of thioether (sulfide) groups is 1. The molecule has 1 aromatic rings. The molecule has 1 heterocycles. The highest BCUT2D eigenvalue weighted by molar-refractivity contribution is 8.18. The number of nitrogens with zero attached hydrogens (tertiary/aromatic N) is 1. The Balaban J connectivity index is 2.21. The van der Waals surface area contributed by atoms with E-state index in [0.717, 1.165) is 16.7 Å². The van der Waals surface area contributed by atoms with Gasteiger partial charge in [0.15, 0.2) is 11.5 Å². The summed E-state index contributed by atoms with van der Waals surface area (Å²) in [6, 6.07) is 5.08. The van der Waals surface area contributed by atoms with Crippen LogP contribution in [0.25, 0.3) is 6.08 Å². The summed E-state index contributed by atoms with van der Waals surface area (Å²) in [5.41, 5.74) is 0.660. The largest absolute Gasteiger partial charge is 0.550 e. The molecular formula is C15H14NO6S-. The number of hydrogen-bond acceptors (Lipinski definition) is 7. The third kappa shape index (κ3) is 3.84. The van der Waals surface area contributed by atoms with E-state index in [1.807, 2.05) is 0 Å². The zero-order valence-electron chi connectivity index (χ0n) is 12.5. The van der Waals surface area contributed by atoms with Crippen LogP contribution >= 0.6 is 11.8 Å². The van der Waals surface area contributed by atoms with E-state index in [0.29, 0.717) is 17.1 Å². The summed E-state index contributed by atoms with van der Waals surface area (Å²) in [6.07, 6.45) is 1.16. The van der Waals surface area contributed by atoms with E-state index < -0.39 is 17.1 Å². The van der Waals surface area contributed by atoms with Crippen molar-refractivity contribution in [2.24, 2.45) is 0 Å². The lowest BCUT2D eigenvalue weighted by molar-refractivity contribution is -0.305. The molecule has 8 heteroatoms. The second kappa shape index (κ2) is 7.19. The van der Waals surface area contributed by atoms with Gasteiger partial charge in [0.25, 0.3) is 11.1 Å². The summed E-state index contributed by atoms with van der Waals surface area (Å²) in [5.74, 6) is -0.784. The molecule has 0 atom stereocenters. The molecule has 2 rings (SSSR count). The van der Waals surface area contributed by atoms with Crippen molar-refractivity contribution in [3.63, 3.8) is 0 Å². The first-order valence-corrected chi connectivity index (χ1v) is 7.45. The average molecular weight is 336 g/mol. The molecule has 1 aromatic carbocycles. The fraction of sp³-hybridized carbons (Fsp3) is 0.267. The lowest BCUT2D eigenvalue weighted by Gasteiger charge is -2.12. The van der Waals surface area contributed by atoms with Gasteiger partial charge in [-0.25, -0.2) is 0 Å². The van der Waals surface area contributed by atoms with Crippen molar-refractivity contribution in [1.29, 1.82) is 0 Å². The van der Waals surface area contributed by atoms with Gasteiger partial charge in [-0.15, -0.1) is 0 Å². The Bertz CT molecular complexity index is 685. The second-order valence-corrected chi connectivity index (χ2v) is 5.56. The Morgan fingerprint density at radius 3 is 2.57 bits per heavy atom. The number of amides is 2. The number of hydrogen-bond donors (Lipinski definition) is 0. The topological polar surface area (TPSA) is 96.0 Å². The summed E-state index contributed by atoms with van der Waals surface area (Å²) >= 11 is 0.765. The molecule has 1 aliphatic heterocycles. The number of aliphatic carboxylic acids is 1. The van der Waals surface area contributed by atoms with Crippen molar-refractivity contribution in [3.8, 4) is 11.5 Å². The Kier molecular flexibility index (Phi) is 5.28. The fourth-order valence-corrected chi connectivity index (χ4v) is 2.85. The van der Waals surface area contributed by atoms with Gasteiger partial charge in [-0.2, -0.15) is 0 Å². The number of ether oxygens (including phenoxy) is 2. The zero-order chi connectivity index (χ0) is 17.0. The van der Waals surface area contributed by atoms with Crippen LogP contribution in [0.2, 0.25) is 0 Å². The molecule has 1 fully saturated rings. The summed E-state index contributed by atoms with van der Waals surface area (Å²) in [5, 5.41) is 9.97. The predicted octanol–water partition coefficient (Wildman–Crippen LogP) is 0.880. The van der Waals surface area contributed by atoms with Crippen LogP contribution in [0.5, 0.6) is 11.5 Å². The van der Waals surface area contributed by atoms with Crippen LogP contribution in [0, 0.1) is 0 Å². The Morgan fingerprint density at radius 2 is 1.96 bits per heavy atom. The van der Waals surface area contributed by atoms with Crippen LogP contribution in [-0.2, 0) is 9.59 Å². The van der Waals surface area contributed by atoms with Crippen molar-refractivity contribution in [3.05, 3.63) is 28.7 Å². The number of carbonyl (C=O) groups excluding carboxylic acids is 3. The smallest absolute Gasteiger partial charge is 0.293 e. The summed E-state index contributed by atoms with van der Waals surface area (Å²) in [4.78, 5) is 35.5. The number of carboxylic acid groups (broad SMARTS) is 1. The van der Waals surface area contributed by atoms with Gasteiger partial charge in [-0.3, -0.25) is 14.5 Å². The third-order valence-corrected chi connectivity index (χ3v) is 4.03. The van der Waals surface area contributed by atoms with Gasteiger partial charge >= 0.3 is 0 Å². The van der Waals surface area contributed by atoms with E-state index >= 15 is 0 Å². The average Bonchev–Trinajstić information content (AvgIpc) is 2.79. The van der Waals surface area contributed by atoms with Crippen LogP contribution < -0.4 is 14.6 Å². The molecule has 0 aromatic heterocycles. The third-order valence-electron chi connectivity index (χ3n) is 3.12. The number of carbonyl (C=O) groups is 3. The molecule has 0 unspecified atom stereocenters. The summed E-state index contributed by atoms with van der Waals surface area (Å²) in [6.45, 7) is -0.198. The van der Waals surface area contributed by atoms with Gasteiger partial charge in [0, 0.05) is 18.9 Å². The van der Waals surface area contributed by atoms with E-state index in [4.69, 9.17) is 9.47 Å². The molecule has 2 amide bonds. The number of benzene rings is 1. The molecule has 1 saturated heterocycles. The van der Waals surface area contributed by atoms with Crippen LogP contribution in [-0.4, -0.2) is 42.8 Å². The molecule has 0 spiro atoms. The molecular weight excluding hydrogens is 322 g/mol. The van der Waals surface area contributed by atoms with Gasteiger partial charge in [0.1, 0.15) is 0 Å². The van der Waals surface area contributed by atoms with Gasteiger partial charge < -0.3 is 19.4 Å². The molecule has 122 valence electrons. The molecule has 0 N–H and O–H groups in total. The number of imide groups is 1. The normalized spacial score (nSPS) is 16.1. The van der Waals surface area contributed by atoms with E-state index in [2.05, 4.69) is 0 Å². The van der Waals surface area contributed by atoms with Crippen molar-refractivity contribution in [2.45, 2.75) is 6.42 Å². The van der Waals surface area contributed by atoms with E-state index in [1.54, 1.807) is 24.3 Å². The SMILES string of the molecule is COc1ccc(/C=C2/SC(=O)N(CCC(=O)[O-])C2=O)cc1OC. The van der Waals surface area contributed by atoms with E-state index in [9.17, 15) is 19.5 Å². The van der Waals surface area contributed by atoms with Gasteiger partial charge in [0.05, 0.1) is 19.1 Å². The monoisotopic (exact) mass is 336 g/mol. The minimum Gasteiger partial charge on any atom is -0.550 e. The van der Waals surface area contributed by atoms with Gasteiger partial charge in [-0.05, 0) is 35.5 Å². The van der Waals surface area contributed by atoms with Crippen molar-refractivity contribution in [1.82, 2.24) is 4.90 Å². The van der Waals surface area contributed by atoms with Crippen molar-refractivity contribution < 1.29 is 29.0 Å². The van der Waals surface area contributed by atoms with Crippen molar-refractivity contribution in [2.75, 3.05) is 20.8 Å². The molecule has 0 aliphatic carbocycles. The van der Waals surface area contributed by atoms with Crippen LogP contribution in [0.1, 0.15) is 12.0 Å². The van der Waals surface area contributed by atoms with Crippen molar-refractivity contribution >= 4 is 35.0 Å². The minimum absolute atomic E-state index is 0.198. The Hall–Kier alpha value is -2.48. The molecule has 0 saturated carbocycles. The first kappa shape index (κ1) is 16.9. The van der Waals surface area contributed by atoms with Gasteiger partial charge in [0.2, 0.25) is 0 Å². The first-order chi connectivity index (χ1) is 11.0. The highest BCUT2D eigenvalue weighted by Gasteiger charge is 2.34. The minimum atomic E-state index is -1.31. The lowest BCUT2D eigenvalue weighted by Crippen LogP contribution is -2.33. The maximum absolute atomic E-state index is 12.2. The second-order valence-electron chi connectivity index (χ2n) is 4.57. The standard InChI is InChI=1S/C15H15NO6S/c1-21-10-4-3-9(7-11(10)22-2)8-12-14(19)16(15(20)23-12)6-5-13(17)18/h3-4,7-8H,5-6H2,1-2H3,(H,17,18)/p-1/b12-8+. The molecule has 23 heavy (non-hydrogen) atoms. The lowest BCUT2D eigenvalue weighted by atomic mass is 10.2. The fourth-order valence-electron chi connectivity index (χ4n) is 1.99. The molecule has 0 radical (unpaired) electrons. The first-order valence-electron chi connectivity index (χ1n) is 6.63. The van der Waals surface area contributed by atoms with Crippen LogP contribution in [0.4, 0.5) is 4.79 Å². The zero-order valence-corrected chi connectivity index (χ0v) is 13.3. The molecule has 1 aliphatic rings. The van der Waals surface area contributed by atoms with Crippen LogP contribution in [0.3, 0.4) is 0 Å². The highest BCUT2D eigenvalue weighted by atomic mass is 32.2. The highest BCUT2D eigenvalue weighted by Crippen LogP contribution is 2.34. The maximum Gasteiger partial charge on any atom is 0.293 e. The predicted molar refractivity (Wildman–Crippen MR) is 81.8 cm³/mol. The maximum atomic E-state index is 12.2. The molecule has 7 nitrogen and oxygen atoms in total. The Labute approximate surface area is 136 Å². The summed E-state index contributed by atoms with van der Waals surface area (Å²) in [7, 11) is 3.01. The quantitative estimate of drug-likeness (QED) is 0.711. The molecule has 0 bridgehead atoms.